The average molecular weight is 562 g/mol. The molecule has 1 aliphatic heterocycles. The monoisotopic (exact) mass is 561 g/mol. The molecule has 0 unspecified atom stereocenters. The first-order valence-corrected chi connectivity index (χ1v) is 13.2. The van der Waals surface area contributed by atoms with Crippen LogP contribution in [0, 0.1) is 12.7 Å². The van der Waals surface area contributed by atoms with Crippen LogP contribution >= 0.6 is 0 Å². The lowest BCUT2D eigenvalue weighted by Gasteiger charge is -2.30. The van der Waals surface area contributed by atoms with E-state index in [1.807, 2.05) is 45.0 Å². The van der Waals surface area contributed by atoms with Crippen molar-refractivity contribution in [2.24, 2.45) is 0 Å². The number of rotatable bonds is 8. The number of halogens is 3. The molecule has 0 fully saturated rings. The quantitative estimate of drug-likeness (QED) is 0.192. The number of carbonyl (C=O) groups is 2. The SMILES string of the molecule is Cc1ccccc1Nc1c(-c2ccnc(NC(=O)[C@@H](CC(F)F)c3ccc(F)cc3)c2)[nH]c2c1C(=O)NC(C)(C)C2. The summed E-state index contributed by atoms with van der Waals surface area (Å²) in [6.07, 6.45) is -1.41. The van der Waals surface area contributed by atoms with Crippen molar-refractivity contribution in [1.29, 1.82) is 0 Å². The van der Waals surface area contributed by atoms with Gasteiger partial charge < -0.3 is 20.9 Å². The number of aromatic nitrogens is 2. The van der Waals surface area contributed by atoms with Crippen molar-refractivity contribution in [3.63, 3.8) is 0 Å². The number of benzene rings is 2. The Morgan fingerprint density at radius 2 is 1.83 bits per heavy atom. The van der Waals surface area contributed by atoms with Crippen molar-refractivity contribution < 1.29 is 22.8 Å². The van der Waals surface area contributed by atoms with Crippen molar-refractivity contribution in [3.05, 3.63) is 95.1 Å². The maximum atomic E-state index is 13.4. The molecule has 41 heavy (non-hydrogen) atoms. The minimum Gasteiger partial charge on any atom is -0.356 e. The van der Waals surface area contributed by atoms with Gasteiger partial charge >= 0.3 is 0 Å². The summed E-state index contributed by atoms with van der Waals surface area (Å²) in [4.78, 5) is 34.0. The summed E-state index contributed by atoms with van der Waals surface area (Å²) >= 11 is 0. The van der Waals surface area contributed by atoms with E-state index >= 15 is 0 Å². The maximum absolute atomic E-state index is 13.4. The number of aryl methyl sites for hydroxylation is 1. The van der Waals surface area contributed by atoms with E-state index in [1.165, 1.54) is 18.3 Å². The maximum Gasteiger partial charge on any atom is 0.255 e. The average Bonchev–Trinajstić information content (AvgIpc) is 3.26. The smallest absolute Gasteiger partial charge is 0.255 e. The van der Waals surface area contributed by atoms with Crippen LogP contribution in [0.2, 0.25) is 0 Å². The summed E-state index contributed by atoms with van der Waals surface area (Å²) in [7, 11) is 0. The molecule has 2 amide bonds. The van der Waals surface area contributed by atoms with E-state index in [9.17, 15) is 22.8 Å². The summed E-state index contributed by atoms with van der Waals surface area (Å²) < 4.78 is 40.2. The molecule has 0 bridgehead atoms. The van der Waals surface area contributed by atoms with E-state index in [0.29, 0.717) is 28.9 Å². The fourth-order valence-corrected chi connectivity index (χ4v) is 5.12. The van der Waals surface area contributed by atoms with Gasteiger partial charge in [-0.1, -0.05) is 30.3 Å². The molecule has 10 heteroatoms. The van der Waals surface area contributed by atoms with Gasteiger partial charge in [-0.2, -0.15) is 0 Å². The Morgan fingerprint density at radius 3 is 2.54 bits per heavy atom. The number of hydrogen-bond acceptors (Lipinski definition) is 4. The molecule has 7 nitrogen and oxygen atoms in total. The van der Waals surface area contributed by atoms with Crippen LogP contribution < -0.4 is 16.0 Å². The molecule has 2 aromatic heterocycles. The second-order valence-corrected chi connectivity index (χ2v) is 10.8. The highest BCUT2D eigenvalue weighted by molar-refractivity contribution is 6.07. The fraction of sp³-hybridized carbons (Fsp3) is 0.258. The number of anilines is 3. The van der Waals surface area contributed by atoms with Crippen LogP contribution in [0.3, 0.4) is 0 Å². The second-order valence-electron chi connectivity index (χ2n) is 10.8. The van der Waals surface area contributed by atoms with Gasteiger partial charge in [-0.25, -0.2) is 18.2 Å². The molecular formula is C31H30F3N5O2. The van der Waals surface area contributed by atoms with Crippen LogP contribution in [-0.4, -0.2) is 33.7 Å². The second kappa shape index (κ2) is 11.1. The Morgan fingerprint density at radius 1 is 1.10 bits per heavy atom. The summed E-state index contributed by atoms with van der Waals surface area (Å²) in [5.74, 6) is -2.49. The third-order valence-electron chi connectivity index (χ3n) is 7.08. The molecular weight excluding hydrogens is 531 g/mol. The van der Waals surface area contributed by atoms with Gasteiger partial charge in [0.05, 0.1) is 22.9 Å². The van der Waals surface area contributed by atoms with Gasteiger partial charge in [-0.05, 0) is 62.2 Å². The minimum atomic E-state index is -2.74. The Kier molecular flexibility index (Phi) is 7.57. The predicted octanol–water partition coefficient (Wildman–Crippen LogP) is 6.71. The first kappa shape index (κ1) is 27.9. The van der Waals surface area contributed by atoms with Crippen LogP contribution in [0.15, 0.2) is 66.9 Å². The molecule has 0 saturated carbocycles. The number of amides is 2. The molecule has 4 aromatic rings. The summed E-state index contributed by atoms with van der Waals surface area (Å²) in [5.41, 5.74) is 4.71. The molecule has 0 aliphatic carbocycles. The molecule has 0 spiro atoms. The summed E-state index contributed by atoms with van der Waals surface area (Å²) in [6, 6.07) is 16.0. The molecule has 1 aliphatic rings. The molecule has 1 atom stereocenters. The zero-order valence-electron chi connectivity index (χ0n) is 22.8. The van der Waals surface area contributed by atoms with E-state index in [4.69, 9.17) is 0 Å². The van der Waals surface area contributed by atoms with Gasteiger partial charge in [0.2, 0.25) is 12.3 Å². The number of fused-ring (bicyclic) bond motifs is 1. The zero-order chi connectivity index (χ0) is 29.3. The van der Waals surface area contributed by atoms with Crippen molar-refractivity contribution in [1.82, 2.24) is 15.3 Å². The van der Waals surface area contributed by atoms with E-state index in [0.717, 1.165) is 29.1 Å². The minimum absolute atomic E-state index is 0.146. The highest BCUT2D eigenvalue weighted by atomic mass is 19.3. The number of aromatic amines is 1. The van der Waals surface area contributed by atoms with Gasteiger partial charge in [0, 0.05) is 41.5 Å². The van der Waals surface area contributed by atoms with E-state index in [-0.39, 0.29) is 17.3 Å². The van der Waals surface area contributed by atoms with E-state index in [2.05, 4.69) is 25.9 Å². The Bertz CT molecular complexity index is 1600. The van der Waals surface area contributed by atoms with Crippen molar-refractivity contribution in [2.75, 3.05) is 10.6 Å². The first-order valence-electron chi connectivity index (χ1n) is 13.2. The topological polar surface area (TPSA) is 98.9 Å². The Labute approximate surface area is 235 Å². The van der Waals surface area contributed by atoms with Gasteiger partial charge in [0.1, 0.15) is 11.6 Å². The van der Waals surface area contributed by atoms with Gasteiger partial charge in [0.15, 0.2) is 0 Å². The lowest BCUT2D eigenvalue weighted by atomic mass is 9.91. The van der Waals surface area contributed by atoms with Gasteiger partial charge in [-0.15, -0.1) is 0 Å². The van der Waals surface area contributed by atoms with Crippen LogP contribution in [-0.2, 0) is 11.2 Å². The largest absolute Gasteiger partial charge is 0.356 e. The lowest BCUT2D eigenvalue weighted by Crippen LogP contribution is -2.49. The van der Waals surface area contributed by atoms with Crippen LogP contribution in [0.4, 0.5) is 30.4 Å². The van der Waals surface area contributed by atoms with Gasteiger partial charge in [-0.3, -0.25) is 9.59 Å². The molecule has 3 heterocycles. The number of hydrogen-bond donors (Lipinski definition) is 4. The number of carbonyl (C=O) groups excluding carboxylic acids is 2. The van der Waals surface area contributed by atoms with Crippen molar-refractivity contribution in [2.45, 2.75) is 51.5 Å². The lowest BCUT2D eigenvalue weighted by molar-refractivity contribution is -0.118. The highest BCUT2D eigenvalue weighted by Gasteiger charge is 2.35. The molecule has 0 saturated heterocycles. The van der Waals surface area contributed by atoms with Crippen molar-refractivity contribution >= 4 is 29.0 Å². The Balaban J connectivity index is 1.51. The third-order valence-corrected chi connectivity index (χ3v) is 7.08. The number of pyridine rings is 1. The van der Waals surface area contributed by atoms with Crippen LogP contribution in [0.1, 0.15) is 53.4 Å². The number of para-hydroxylation sites is 1. The molecule has 0 radical (unpaired) electrons. The first-order chi connectivity index (χ1) is 19.5. The summed E-state index contributed by atoms with van der Waals surface area (Å²) in [6.45, 7) is 5.85. The molecule has 212 valence electrons. The van der Waals surface area contributed by atoms with Crippen LogP contribution in [0.5, 0.6) is 0 Å². The highest BCUT2D eigenvalue weighted by Crippen LogP contribution is 2.39. The normalized spacial score (nSPS) is 14.8. The van der Waals surface area contributed by atoms with Gasteiger partial charge in [0.25, 0.3) is 5.91 Å². The number of alkyl halides is 2. The number of H-pyrrole nitrogens is 1. The molecule has 4 N–H and O–H groups in total. The Hall–Kier alpha value is -4.60. The number of nitrogens with one attached hydrogen (secondary N) is 4. The predicted molar refractivity (Wildman–Crippen MR) is 152 cm³/mol. The van der Waals surface area contributed by atoms with E-state index < -0.39 is 36.0 Å². The third kappa shape index (κ3) is 6.11. The van der Waals surface area contributed by atoms with E-state index in [1.54, 1.807) is 12.1 Å². The van der Waals surface area contributed by atoms with Crippen LogP contribution in [0.25, 0.3) is 11.3 Å². The van der Waals surface area contributed by atoms with Crippen molar-refractivity contribution in [3.8, 4) is 11.3 Å². The summed E-state index contributed by atoms with van der Waals surface area (Å²) in [5, 5.41) is 9.11. The zero-order valence-corrected chi connectivity index (χ0v) is 22.8. The standard InChI is InChI=1S/C31H30F3N5O2/c1-17-6-4-5-7-22(17)36-28-26-23(16-31(2,3)39-30(26)41)37-27(28)19-12-13-35-25(14-19)38-29(40)21(15-24(33)34)18-8-10-20(32)11-9-18/h4-14,21,24,36-37H,15-16H2,1-3H3,(H,39,41)(H,35,38,40)/t21-/m0/s1. The fourth-order valence-electron chi connectivity index (χ4n) is 5.12. The number of nitrogens with zero attached hydrogens (tertiary/aromatic N) is 1. The molecule has 5 rings (SSSR count). The molecule has 2 aromatic carbocycles.